The average Bonchev–Trinajstić information content (AvgIpc) is 3.06. The molecule has 2 heterocycles. The van der Waals surface area contributed by atoms with E-state index in [-0.39, 0.29) is 12.1 Å². The van der Waals surface area contributed by atoms with Crippen LogP contribution in [0.15, 0.2) is 33.7 Å². The maximum atomic E-state index is 5.89. The molecule has 1 aliphatic rings. The Kier molecular flexibility index (Phi) is 5.20. The van der Waals surface area contributed by atoms with Crippen LogP contribution in [0.3, 0.4) is 0 Å². The van der Waals surface area contributed by atoms with Gasteiger partial charge in [-0.05, 0) is 44.5 Å². The molecular weight excluding hydrogens is 312 g/mol. The number of ether oxygens (including phenoxy) is 1. The van der Waals surface area contributed by atoms with Crippen LogP contribution < -0.4 is 10.1 Å². The number of hydrogen-bond donors (Lipinski definition) is 1. The number of nitrogens with one attached hydrogen (secondary N) is 1. The van der Waals surface area contributed by atoms with Gasteiger partial charge in [-0.1, -0.05) is 5.16 Å². The van der Waals surface area contributed by atoms with E-state index in [0.717, 1.165) is 25.4 Å². The monoisotopic (exact) mass is 334 g/mol. The Morgan fingerprint density at radius 2 is 2.17 bits per heavy atom. The van der Waals surface area contributed by atoms with Crippen LogP contribution in [0.2, 0.25) is 0 Å². The summed E-state index contributed by atoms with van der Waals surface area (Å²) in [5.41, 5.74) is 0. The van der Waals surface area contributed by atoms with Gasteiger partial charge in [-0.25, -0.2) is 0 Å². The maximum absolute atomic E-state index is 5.89. The molecule has 0 spiro atoms. The molecule has 1 fully saturated rings. The highest BCUT2D eigenvalue weighted by atomic mass is 32.2. The zero-order chi connectivity index (χ0) is 16.2. The van der Waals surface area contributed by atoms with E-state index in [1.165, 1.54) is 4.90 Å². The summed E-state index contributed by atoms with van der Waals surface area (Å²) in [6.07, 6.45) is 1.77. The Morgan fingerprint density at radius 1 is 1.39 bits per heavy atom. The number of nitrogens with zero attached hydrogens (tertiary/aromatic N) is 3. The highest BCUT2D eigenvalue weighted by Crippen LogP contribution is 2.25. The van der Waals surface area contributed by atoms with E-state index in [0.29, 0.717) is 11.7 Å². The lowest BCUT2D eigenvalue weighted by Crippen LogP contribution is -2.44. The van der Waals surface area contributed by atoms with Gasteiger partial charge in [0, 0.05) is 24.5 Å². The number of benzene rings is 1. The van der Waals surface area contributed by atoms with Gasteiger partial charge in [-0.3, -0.25) is 4.90 Å². The molecule has 2 unspecified atom stereocenters. The first-order chi connectivity index (χ1) is 11.2. The number of thioether (sulfide) groups is 1. The summed E-state index contributed by atoms with van der Waals surface area (Å²) in [6.45, 7) is 4.72. The van der Waals surface area contributed by atoms with E-state index in [1.807, 2.05) is 31.2 Å². The van der Waals surface area contributed by atoms with E-state index in [4.69, 9.17) is 9.26 Å². The van der Waals surface area contributed by atoms with Crippen molar-refractivity contribution in [1.29, 1.82) is 0 Å². The van der Waals surface area contributed by atoms with Gasteiger partial charge in [0.25, 0.3) is 5.89 Å². The molecule has 1 aromatic heterocycles. The molecule has 0 aliphatic carbocycles. The molecule has 2 atom stereocenters. The quantitative estimate of drug-likeness (QED) is 0.843. The Bertz CT molecular complexity index is 631. The third-order valence-corrected chi connectivity index (χ3v) is 4.73. The van der Waals surface area contributed by atoms with Gasteiger partial charge in [0.15, 0.2) is 11.9 Å². The SMILES string of the molecule is CSc1ccc(OC(C)c2nc(C3CNCCN3C)no2)cc1. The topological polar surface area (TPSA) is 63.4 Å². The average molecular weight is 334 g/mol. The standard InChI is InChI=1S/C16H22N4O2S/c1-11(21-12-4-6-13(23-3)7-5-12)16-18-15(19-22-16)14-10-17-8-9-20(14)2/h4-7,11,14,17H,8-10H2,1-3H3. The second-order valence-electron chi connectivity index (χ2n) is 5.63. The van der Waals surface area contributed by atoms with Crippen LogP contribution in [0.5, 0.6) is 5.75 Å². The van der Waals surface area contributed by atoms with Gasteiger partial charge in [-0.15, -0.1) is 11.8 Å². The van der Waals surface area contributed by atoms with E-state index >= 15 is 0 Å². The van der Waals surface area contributed by atoms with Crippen molar-refractivity contribution in [3.05, 3.63) is 36.0 Å². The van der Waals surface area contributed by atoms with Crippen LogP contribution in [-0.2, 0) is 0 Å². The second kappa shape index (κ2) is 7.33. The second-order valence-corrected chi connectivity index (χ2v) is 6.51. The molecule has 3 rings (SSSR count). The van der Waals surface area contributed by atoms with Crippen molar-refractivity contribution in [2.45, 2.75) is 24.0 Å². The Morgan fingerprint density at radius 3 is 2.87 bits per heavy atom. The highest BCUT2D eigenvalue weighted by molar-refractivity contribution is 7.98. The van der Waals surface area contributed by atoms with Crippen molar-refractivity contribution in [3.8, 4) is 5.75 Å². The third-order valence-electron chi connectivity index (χ3n) is 3.99. The van der Waals surface area contributed by atoms with Gasteiger partial charge in [-0.2, -0.15) is 4.98 Å². The molecular formula is C16H22N4O2S. The lowest BCUT2D eigenvalue weighted by Gasteiger charge is -2.30. The van der Waals surface area contributed by atoms with Crippen molar-refractivity contribution in [1.82, 2.24) is 20.4 Å². The minimum atomic E-state index is -0.279. The molecule has 124 valence electrons. The fraction of sp³-hybridized carbons (Fsp3) is 0.500. The van der Waals surface area contributed by atoms with Gasteiger partial charge < -0.3 is 14.6 Å². The lowest BCUT2D eigenvalue weighted by molar-refractivity contribution is 0.173. The summed E-state index contributed by atoms with van der Waals surface area (Å²) in [5.74, 6) is 2.02. The summed E-state index contributed by atoms with van der Waals surface area (Å²) < 4.78 is 11.3. The fourth-order valence-corrected chi connectivity index (χ4v) is 2.96. The van der Waals surface area contributed by atoms with Gasteiger partial charge in [0.1, 0.15) is 5.75 Å². The molecule has 6 nitrogen and oxygen atoms in total. The summed E-state index contributed by atoms with van der Waals surface area (Å²) in [5, 5.41) is 7.49. The molecule has 7 heteroatoms. The first kappa shape index (κ1) is 16.3. The van der Waals surface area contributed by atoms with Crippen LogP contribution in [0.1, 0.15) is 30.8 Å². The molecule has 0 radical (unpaired) electrons. The van der Waals surface area contributed by atoms with Gasteiger partial charge >= 0.3 is 0 Å². The first-order valence-corrected chi connectivity index (χ1v) is 8.95. The summed E-state index contributed by atoms with van der Waals surface area (Å²) in [6, 6.07) is 8.13. The van der Waals surface area contributed by atoms with Crippen molar-refractivity contribution in [2.24, 2.45) is 0 Å². The smallest absolute Gasteiger partial charge is 0.267 e. The molecule has 23 heavy (non-hydrogen) atoms. The number of aromatic nitrogens is 2. The maximum Gasteiger partial charge on any atom is 0.267 e. The molecule has 0 bridgehead atoms. The van der Waals surface area contributed by atoms with Crippen LogP contribution in [0.25, 0.3) is 0 Å². The van der Waals surface area contributed by atoms with Crippen LogP contribution in [0.4, 0.5) is 0 Å². The largest absolute Gasteiger partial charge is 0.481 e. The minimum absolute atomic E-state index is 0.148. The zero-order valence-corrected chi connectivity index (χ0v) is 14.5. The molecule has 1 aromatic carbocycles. The van der Waals surface area contributed by atoms with Crippen molar-refractivity contribution < 1.29 is 9.26 Å². The minimum Gasteiger partial charge on any atom is -0.481 e. The van der Waals surface area contributed by atoms with E-state index in [9.17, 15) is 0 Å². The van der Waals surface area contributed by atoms with E-state index in [2.05, 4.69) is 33.7 Å². The number of hydrogen-bond acceptors (Lipinski definition) is 7. The molecule has 0 saturated carbocycles. The van der Waals surface area contributed by atoms with Crippen LogP contribution in [-0.4, -0.2) is 48.0 Å². The molecule has 2 aromatic rings. The van der Waals surface area contributed by atoms with Crippen molar-refractivity contribution >= 4 is 11.8 Å². The predicted molar refractivity (Wildman–Crippen MR) is 89.8 cm³/mol. The van der Waals surface area contributed by atoms with Crippen LogP contribution >= 0.6 is 11.8 Å². The molecule has 0 amide bonds. The van der Waals surface area contributed by atoms with Crippen molar-refractivity contribution in [2.75, 3.05) is 32.9 Å². The predicted octanol–water partition coefficient (Wildman–Crippen LogP) is 2.51. The van der Waals surface area contributed by atoms with Gasteiger partial charge in [0.2, 0.25) is 0 Å². The zero-order valence-electron chi connectivity index (χ0n) is 13.7. The number of piperazine rings is 1. The van der Waals surface area contributed by atoms with E-state index < -0.39 is 0 Å². The lowest BCUT2D eigenvalue weighted by atomic mass is 10.2. The molecule has 1 saturated heterocycles. The number of rotatable bonds is 5. The third kappa shape index (κ3) is 3.85. The van der Waals surface area contributed by atoms with Crippen LogP contribution in [0, 0.1) is 0 Å². The summed E-state index contributed by atoms with van der Waals surface area (Å²) in [4.78, 5) is 7.97. The Labute approximate surface area is 140 Å². The highest BCUT2D eigenvalue weighted by Gasteiger charge is 2.26. The summed E-state index contributed by atoms with van der Waals surface area (Å²) >= 11 is 1.71. The molecule has 1 N–H and O–H groups in total. The summed E-state index contributed by atoms with van der Waals surface area (Å²) in [7, 11) is 2.08. The first-order valence-electron chi connectivity index (χ1n) is 7.72. The normalized spacial score (nSPS) is 20.4. The Balaban J connectivity index is 1.66. The fourth-order valence-electron chi connectivity index (χ4n) is 2.55. The van der Waals surface area contributed by atoms with Gasteiger partial charge in [0.05, 0.1) is 6.04 Å². The van der Waals surface area contributed by atoms with Crippen molar-refractivity contribution in [3.63, 3.8) is 0 Å². The Hall–Kier alpha value is -1.57. The van der Waals surface area contributed by atoms with E-state index in [1.54, 1.807) is 11.8 Å². The molecule has 1 aliphatic heterocycles. The number of likely N-dealkylation sites (N-methyl/N-ethyl adjacent to an activating group) is 1.